The highest BCUT2D eigenvalue weighted by Crippen LogP contribution is 2.45. The molecule has 2 N–H and O–H groups in total. The van der Waals surface area contributed by atoms with E-state index in [2.05, 4.69) is 55.1 Å². The van der Waals surface area contributed by atoms with Gasteiger partial charge in [-0.1, -0.05) is 83.5 Å². The van der Waals surface area contributed by atoms with Gasteiger partial charge >= 0.3 is 12.1 Å². The highest BCUT2D eigenvalue weighted by molar-refractivity contribution is 5.81. The second kappa shape index (κ2) is 17.0. The highest BCUT2D eigenvalue weighted by atomic mass is 16.6. The molecule has 1 amide bonds. The van der Waals surface area contributed by atoms with Gasteiger partial charge in [0.2, 0.25) is 0 Å². The van der Waals surface area contributed by atoms with Crippen molar-refractivity contribution in [3.63, 3.8) is 0 Å². The van der Waals surface area contributed by atoms with Crippen LogP contribution >= 0.6 is 0 Å². The number of fused-ring (bicyclic) bond motifs is 4. The Hall–Kier alpha value is -5.33. The summed E-state index contributed by atoms with van der Waals surface area (Å²) in [5, 5.41) is 12.5. The van der Waals surface area contributed by atoms with Crippen LogP contribution in [0.2, 0.25) is 0 Å². The Balaban J connectivity index is 1.01. The number of rotatable bonds is 14. The number of carbonyl (C=O) groups excluding carboxylic acids is 2. The third-order valence-corrected chi connectivity index (χ3v) is 9.64. The van der Waals surface area contributed by atoms with Crippen LogP contribution in [0.5, 0.6) is 0 Å². The first-order valence-electron chi connectivity index (χ1n) is 18.1. The summed E-state index contributed by atoms with van der Waals surface area (Å²) < 4.78 is 20.5. The summed E-state index contributed by atoms with van der Waals surface area (Å²) in [6.45, 7) is 7.98. The first kappa shape index (κ1) is 37.4. The standard InChI is InChI=1S/C41H47N5O7/c1-26(2)11-9-12-27(3)13-10-14-28(4)19-20-45-24-44-39-37(40(45)49)43-25-46(39)35-21-33(34(23-47)51-35)52-36(48)22-42-41(50)53-38-31-17-7-5-15-29(31)30-16-6-8-18-32(30)38/h5-8,11,13,15-19,24-25,33-35,38,47H,9-10,12,14,20-23H2,1-4H3,(H,42,50)/b27-13+,28-19+/t33?,34-,35-/m1/s1. The van der Waals surface area contributed by atoms with Crippen LogP contribution in [0.15, 0.2) is 101 Å². The van der Waals surface area contributed by atoms with Gasteiger partial charge < -0.3 is 24.6 Å². The van der Waals surface area contributed by atoms with Crippen molar-refractivity contribution >= 4 is 23.2 Å². The summed E-state index contributed by atoms with van der Waals surface area (Å²) in [4.78, 5) is 47.8. The molecular formula is C41H47N5O7. The number of hydrogen-bond acceptors (Lipinski definition) is 9. The Kier molecular flexibility index (Phi) is 12.0. The van der Waals surface area contributed by atoms with Crippen LogP contribution in [-0.4, -0.2) is 61.6 Å². The van der Waals surface area contributed by atoms with Gasteiger partial charge in [-0.05, 0) is 64.5 Å². The van der Waals surface area contributed by atoms with E-state index in [0.29, 0.717) is 12.2 Å². The number of hydrogen-bond donors (Lipinski definition) is 2. The molecule has 1 unspecified atom stereocenters. The zero-order valence-corrected chi connectivity index (χ0v) is 30.7. The Labute approximate surface area is 308 Å². The molecule has 12 nitrogen and oxygen atoms in total. The van der Waals surface area contributed by atoms with Crippen molar-refractivity contribution in [1.29, 1.82) is 0 Å². The van der Waals surface area contributed by atoms with E-state index in [1.54, 1.807) is 4.57 Å². The topological polar surface area (TPSA) is 147 Å². The molecule has 0 radical (unpaired) electrons. The molecule has 1 aliphatic carbocycles. The molecule has 0 bridgehead atoms. The first-order chi connectivity index (χ1) is 25.6. The molecule has 4 aromatic rings. The Bertz CT molecular complexity index is 2060. The Morgan fingerprint density at radius 2 is 1.57 bits per heavy atom. The van der Waals surface area contributed by atoms with Gasteiger partial charge in [0, 0.05) is 24.1 Å². The molecule has 2 aromatic carbocycles. The fraction of sp³-hybridized carbons (Fsp3) is 0.390. The molecule has 53 heavy (non-hydrogen) atoms. The van der Waals surface area contributed by atoms with Crippen LogP contribution in [0.1, 0.15) is 83.3 Å². The largest absolute Gasteiger partial charge is 0.458 e. The van der Waals surface area contributed by atoms with Crippen molar-refractivity contribution in [1.82, 2.24) is 24.4 Å². The van der Waals surface area contributed by atoms with E-state index >= 15 is 0 Å². The van der Waals surface area contributed by atoms with Gasteiger partial charge in [0.15, 0.2) is 17.3 Å². The number of allylic oxidation sites excluding steroid dienone is 6. The van der Waals surface area contributed by atoms with E-state index in [1.807, 2.05) is 54.6 Å². The molecule has 6 rings (SSSR count). The second-order valence-corrected chi connectivity index (χ2v) is 13.9. The average molecular weight is 722 g/mol. The lowest BCUT2D eigenvalue weighted by Gasteiger charge is -2.18. The fourth-order valence-electron chi connectivity index (χ4n) is 6.78. The van der Waals surface area contributed by atoms with Crippen LogP contribution in [0.25, 0.3) is 22.3 Å². The maximum Gasteiger partial charge on any atom is 0.408 e. The number of amides is 1. The summed E-state index contributed by atoms with van der Waals surface area (Å²) in [6.07, 6.45) is 9.96. The smallest absolute Gasteiger partial charge is 0.408 e. The van der Waals surface area contributed by atoms with E-state index in [0.717, 1.165) is 47.9 Å². The van der Waals surface area contributed by atoms with E-state index in [1.165, 1.54) is 33.9 Å². The lowest BCUT2D eigenvalue weighted by Crippen LogP contribution is -2.36. The van der Waals surface area contributed by atoms with Gasteiger partial charge in [-0.2, -0.15) is 0 Å². The molecule has 2 aromatic heterocycles. The molecule has 2 aliphatic rings. The summed E-state index contributed by atoms with van der Waals surface area (Å²) in [5.41, 5.74) is 7.87. The number of aromatic nitrogens is 4. The van der Waals surface area contributed by atoms with Gasteiger partial charge in [0.1, 0.15) is 31.3 Å². The zero-order chi connectivity index (χ0) is 37.5. The van der Waals surface area contributed by atoms with Crippen LogP contribution in [0.3, 0.4) is 0 Å². The van der Waals surface area contributed by atoms with E-state index < -0.39 is 49.8 Å². The average Bonchev–Trinajstić information content (AvgIpc) is 3.85. The fourth-order valence-corrected chi connectivity index (χ4v) is 6.78. The van der Waals surface area contributed by atoms with Crippen LogP contribution < -0.4 is 10.9 Å². The van der Waals surface area contributed by atoms with Crippen LogP contribution in [0.4, 0.5) is 4.79 Å². The molecule has 12 heteroatoms. The molecule has 0 saturated carbocycles. The molecule has 0 spiro atoms. The summed E-state index contributed by atoms with van der Waals surface area (Å²) in [5.74, 6) is -0.715. The number of aliphatic hydroxyl groups is 1. The predicted octanol–water partition coefficient (Wildman–Crippen LogP) is 6.70. The van der Waals surface area contributed by atoms with Crippen LogP contribution in [0, 0.1) is 0 Å². The third-order valence-electron chi connectivity index (χ3n) is 9.64. The van der Waals surface area contributed by atoms with Crippen LogP contribution in [-0.2, 0) is 25.5 Å². The van der Waals surface area contributed by atoms with E-state index in [-0.39, 0.29) is 17.5 Å². The molecule has 1 aliphatic heterocycles. The van der Waals surface area contributed by atoms with Crippen molar-refractivity contribution in [2.24, 2.45) is 0 Å². The third kappa shape index (κ3) is 8.83. The highest BCUT2D eigenvalue weighted by Gasteiger charge is 2.39. The maximum atomic E-state index is 13.3. The zero-order valence-electron chi connectivity index (χ0n) is 30.7. The summed E-state index contributed by atoms with van der Waals surface area (Å²) in [6, 6.07) is 15.4. The molecular weight excluding hydrogens is 674 g/mol. The number of imidazole rings is 1. The van der Waals surface area contributed by atoms with Gasteiger partial charge in [-0.15, -0.1) is 0 Å². The minimum absolute atomic E-state index is 0.179. The molecule has 1 saturated heterocycles. The number of aliphatic hydroxyl groups excluding tert-OH is 1. The lowest BCUT2D eigenvalue weighted by atomic mass is 10.1. The minimum atomic E-state index is -0.829. The van der Waals surface area contributed by atoms with Gasteiger partial charge in [-0.25, -0.2) is 14.8 Å². The quantitative estimate of drug-likeness (QED) is 0.107. The number of nitrogens with one attached hydrogen (secondary N) is 1. The van der Waals surface area contributed by atoms with E-state index in [9.17, 15) is 19.5 Å². The number of nitrogens with zero attached hydrogens (tertiary/aromatic N) is 4. The van der Waals surface area contributed by atoms with Crippen molar-refractivity contribution in [2.75, 3.05) is 13.2 Å². The molecule has 278 valence electrons. The summed E-state index contributed by atoms with van der Waals surface area (Å²) in [7, 11) is 0. The monoisotopic (exact) mass is 721 g/mol. The number of benzene rings is 2. The number of esters is 1. The molecule has 3 atom stereocenters. The maximum absolute atomic E-state index is 13.3. The Morgan fingerprint density at radius 1 is 0.906 bits per heavy atom. The SMILES string of the molecule is CC(C)=CCC/C(C)=C/CC/C(C)=C/Cn1cnc2c(ncn2[C@H]2CC(OC(=O)CNC(=O)OC3c4ccccc4-c4ccccc43)[C@@H](CO)O2)c1=O. The lowest BCUT2D eigenvalue weighted by molar-refractivity contribution is -0.151. The van der Waals surface area contributed by atoms with Crippen molar-refractivity contribution in [3.05, 3.63) is 118 Å². The number of alkyl carbamates (subject to hydrolysis) is 1. The van der Waals surface area contributed by atoms with Crippen molar-refractivity contribution in [3.8, 4) is 11.1 Å². The number of ether oxygens (including phenoxy) is 3. The second-order valence-electron chi connectivity index (χ2n) is 13.9. The summed E-state index contributed by atoms with van der Waals surface area (Å²) >= 11 is 0. The van der Waals surface area contributed by atoms with Gasteiger partial charge in [0.05, 0.1) is 12.9 Å². The molecule has 1 fully saturated rings. The van der Waals surface area contributed by atoms with E-state index in [4.69, 9.17) is 14.2 Å². The predicted molar refractivity (Wildman–Crippen MR) is 201 cm³/mol. The normalized spacial score (nSPS) is 18.5. The molecule has 3 heterocycles. The minimum Gasteiger partial charge on any atom is -0.458 e. The van der Waals surface area contributed by atoms with Crippen molar-refractivity contribution < 1.29 is 28.9 Å². The van der Waals surface area contributed by atoms with Gasteiger partial charge in [0.25, 0.3) is 5.56 Å². The van der Waals surface area contributed by atoms with Gasteiger partial charge in [-0.3, -0.25) is 18.7 Å². The number of carbonyl (C=O) groups is 2. The Morgan fingerprint density at radius 3 is 2.25 bits per heavy atom. The van der Waals surface area contributed by atoms with Crippen molar-refractivity contribution in [2.45, 2.75) is 90.9 Å². The first-order valence-corrected chi connectivity index (χ1v) is 18.1.